The van der Waals surface area contributed by atoms with Gasteiger partial charge in [-0.15, -0.1) is 0 Å². The molecule has 0 aliphatic heterocycles. The van der Waals surface area contributed by atoms with Crippen molar-refractivity contribution >= 4 is 28.6 Å². The van der Waals surface area contributed by atoms with Crippen LogP contribution in [0.5, 0.6) is 0 Å². The third-order valence-corrected chi connectivity index (χ3v) is 2.24. The van der Waals surface area contributed by atoms with Crippen molar-refractivity contribution in [1.29, 1.82) is 0 Å². The molecular weight excluding hydrogens is 209 g/mol. The molecule has 5 heteroatoms. The second-order valence-corrected chi connectivity index (χ2v) is 3.10. The molecule has 0 aliphatic carbocycles. The SMILES string of the molecule is O=C(OF)c1cccc2ccn(Cl)c12. The van der Waals surface area contributed by atoms with Crippen molar-refractivity contribution in [2.24, 2.45) is 0 Å². The molecule has 0 N–H and O–H groups in total. The summed E-state index contributed by atoms with van der Waals surface area (Å²) in [5.74, 6) is -1.05. The highest BCUT2D eigenvalue weighted by molar-refractivity contribution is 6.21. The van der Waals surface area contributed by atoms with Gasteiger partial charge in [0.15, 0.2) is 0 Å². The van der Waals surface area contributed by atoms with E-state index in [0.29, 0.717) is 5.52 Å². The summed E-state index contributed by atoms with van der Waals surface area (Å²) in [4.78, 5) is 14.2. The standard InChI is InChI=1S/C9H5ClFNO2/c10-12-5-4-6-2-1-3-7(8(6)12)9(13)14-11/h1-5H. The summed E-state index contributed by atoms with van der Waals surface area (Å²) in [5.41, 5.74) is 0.543. The predicted molar refractivity (Wildman–Crippen MR) is 49.7 cm³/mol. The Morgan fingerprint density at radius 1 is 1.43 bits per heavy atom. The first kappa shape index (κ1) is 9.02. The van der Waals surface area contributed by atoms with Crippen molar-refractivity contribution < 1.29 is 14.3 Å². The number of carbonyl (C=O) groups excluding carboxylic acids is 1. The van der Waals surface area contributed by atoms with Gasteiger partial charge in [-0.3, -0.25) is 4.09 Å². The minimum atomic E-state index is -1.05. The van der Waals surface area contributed by atoms with Gasteiger partial charge in [0.2, 0.25) is 0 Å². The maximum absolute atomic E-state index is 11.7. The molecular formula is C9H5ClFNO2. The molecule has 0 unspecified atom stereocenters. The first-order chi connectivity index (χ1) is 6.74. The second-order valence-electron chi connectivity index (χ2n) is 2.73. The maximum atomic E-state index is 11.7. The molecule has 1 heterocycles. The Morgan fingerprint density at radius 2 is 2.21 bits per heavy atom. The van der Waals surface area contributed by atoms with E-state index in [1.165, 1.54) is 10.2 Å². The van der Waals surface area contributed by atoms with Crippen LogP contribution >= 0.6 is 11.8 Å². The Balaban J connectivity index is 2.75. The van der Waals surface area contributed by atoms with E-state index in [-0.39, 0.29) is 5.56 Å². The van der Waals surface area contributed by atoms with Crippen LogP contribution in [0.3, 0.4) is 0 Å². The van der Waals surface area contributed by atoms with E-state index in [1.807, 2.05) is 0 Å². The van der Waals surface area contributed by atoms with Gasteiger partial charge in [0, 0.05) is 27.9 Å². The summed E-state index contributed by atoms with van der Waals surface area (Å²) in [5, 5.41) is 0.753. The van der Waals surface area contributed by atoms with Crippen LogP contribution in [0.2, 0.25) is 0 Å². The van der Waals surface area contributed by atoms with Crippen LogP contribution in [-0.2, 0) is 4.94 Å². The van der Waals surface area contributed by atoms with Crippen LogP contribution in [0.4, 0.5) is 4.53 Å². The predicted octanol–water partition coefficient (Wildman–Crippen LogP) is 2.68. The monoisotopic (exact) mass is 213 g/mol. The summed E-state index contributed by atoms with van der Waals surface area (Å²) in [6, 6.07) is 6.56. The molecule has 0 saturated carbocycles. The number of para-hydroxylation sites is 1. The first-order valence-corrected chi connectivity index (χ1v) is 4.17. The second kappa shape index (κ2) is 3.31. The van der Waals surface area contributed by atoms with Crippen LogP contribution in [0.15, 0.2) is 30.5 Å². The summed E-state index contributed by atoms with van der Waals surface area (Å²) >= 11 is 5.77. The van der Waals surface area contributed by atoms with Crippen LogP contribution in [-0.4, -0.2) is 10.1 Å². The first-order valence-electron chi connectivity index (χ1n) is 3.83. The fourth-order valence-electron chi connectivity index (χ4n) is 1.36. The number of carbonyl (C=O) groups is 1. The lowest BCUT2D eigenvalue weighted by Gasteiger charge is -1.99. The summed E-state index contributed by atoms with van der Waals surface area (Å²) in [6.07, 6.45) is 1.57. The molecule has 3 nitrogen and oxygen atoms in total. The molecule has 14 heavy (non-hydrogen) atoms. The highest BCUT2D eigenvalue weighted by atomic mass is 35.5. The van der Waals surface area contributed by atoms with Gasteiger partial charge in [0.05, 0.1) is 11.1 Å². The zero-order chi connectivity index (χ0) is 10.1. The van der Waals surface area contributed by atoms with E-state index >= 15 is 0 Å². The lowest BCUT2D eigenvalue weighted by Crippen LogP contribution is -2.00. The number of nitrogens with zero attached hydrogens (tertiary/aromatic N) is 1. The fraction of sp³-hybridized carbons (Fsp3) is 0. The summed E-state index contributed by atoms with van der Waals surface area (Å²) in [6.45, 7) is 0. The number of fused-ring (bicyclic) bond motifs is 1. The van der Waals surface area contributed by atoms with E-state index in [4.69, 9.17) is 11.8 Å². The quantitative estimate of drug-likeness (QED) is 0.729. The maximum Gasteiger partial charge on any atom is 0.381 e. The third-order valence-electron chi connectivity index (χ3n) is 1.96. The molecule has 0 aliphatic rings. The zero-order valence-corrected chi connectivity index (χ0v) is 7.66. The van der Waals surface area contributed by atoms with Gasteiger partial charge in [0.1, 0.15) is 0 Å². The van der Waals surface area contributed by atoms with Crippen molar-refractivity contribution in [2.45, 2.75) is 0 Å². The molecule has 0 fully saturated rings. The van der Waals surface area contributed by atoms with E-state index in [0.717, 1.165) is 5.39 Å². The Morgan fingerprint density at radius 3 is 2.93 bits per heavy atom. The molecule has 1 aromatic carbocycles. The normalized spacial score (nSPS) is 10.4. The molecule has 0 radical (unpaired) electrons. The minimum absolute atomic E-state index is 0.102. The van der Waals surface area contributed by atoms with Gasteiger partial charge in [-0.1, -0.05) is 12.1 Å². The van der Waals surface area contributed by atoms with E-state index in [1.54, 1.807) is 24.4 Å². The van der Waals surface area contributed by atoms with E-state index in [2.05, 4.69) is 4.94 Å². The van der Waals surface area contributed by atoms with Crippen LogP contribution in [0, 0.1) is 0 Å². The minimum Gasteiger partial charge on any atom is -0.259 e. The van der Waals surface area contributed by atoms with Gasteiger partial charge in [0.25, 0.3) is 0 Å². The number of aromatic nitrogens is 1. The zero-order valence-electron chi connectivity index (χ0n) is 6.91. The summed E-state index contributed by atoms with van der Waals surface area (Å²) < 4.78 is 13.0. The number of hydrogen-bond acceptors (Lipinski definition) is 2. The number of halogens is 2. The Bertz CT molecular complexity index is 495. The molecule has 0 bridgehead atoms. The number of rotatable bonds is 1. The molecule has 0 saturated heterocycles. The fourth-order valence-corrected chi connectivity index (χ4v) is 1.61. The van der Waals surface area contributed by atoms with Crippen molar-refractivity contribution in [3.63, 3.8) is 0 Å². The number of hydrogen-bond donors (Lipinski definition) is 0. The van der Waals surface area contributed by atoms with Crippen molar-refractivity contribution in [1.82, 2.24) is 4.09 Å². The lowest BCUT2D eigenvalue weighted by molar-refractivity contribution is -0.0786. The van der Waals surface area contributed by atoms with Gasteiger partial charge in [-0.2, -0.15) is 0 Å². The highest BCUT2D eigenvalue weighted by Crippen LogP contribution is 2.21. The van der Waals surface area contributed by atoms with Crippen LogP contribution in [0.1, 0.15) is 10.4 Å². The molecule has 2 aromatic rings. The average molecular weight is 214 g/mol. The Hall–Kier alpha value is -1.55. The molecule has 72 valence electrons. The van der Waals surface area contributed by atoms with Gasteiger partial charge in [-0.05, 0) is 12.1 Å². The van der Waals surface area contributed by atoms with Crippen molar-refractivity contribution in [2.75, 3.05) is 0 Å². The van der Waals surface area contributed by atoms with E-state index < -0.39 is 5.97 Å². The molecule has 0 spiro atoms. The smallest absolute Gasteiger partial charge is 0.259 e. The highest BCUT2D eigenvalue weighted by Gasteiger charge is 2.14. The van der Waals surface area contributed by atoms with Crippen molar-refractivity contribution in [3.05, 3.63) is 36.0 Å². The van der Waals surface area contributed by atoms with Gasteiger partial charge >= 0.3 is 5.97 Å². The van der Waals surface area contributed by atoms with Gasteiger partial charge < -0.3 is 0 Å². The van der Waals surface area contributed by atoms with Crippen LogP contribution in [0.25, 0.3) is 10.9 Å². The number of benzene rings is 1. The Labute approximate surface area is 83.7 Å². The third kappa shape index (κ3) is 1.24. The molecule has 0 atom stereocenters. The topological polar surface area (TPSA) is 31.2 Å². The summed E-state index contributed by atoms with van der Waals surface area (Å²) in [7, 11) is 0. The lowest BCUT2D eigenvalue weighted by atomic mass is 10.1. The van der Waals surface area contributed by atoms with Gasteiger partial charge in [-0.25, -0.2) is 9.74 Å². The van der Waals surface area contributed by atoms with Crippen molar-refractivity contribution in [3.8, 4) is 0 Å². The average Bonchev–Trinajstić information content (AvgIpc) is 2.59. The molecule has 2 rings (SSSR count). The largest absolute Gasteiger partial charge is 0.381 e. The molecule has 0 amide bonds. The van der Waals surface area contributed by atoms with E-state index in [9.17, 15) is 9.32 Å². The van der Waals surface area contributed by atoms with Crippen LogP contribution < -0.4 is 0 Å². The Kier molecular flexibility index (Phi) is 2.13. The molecule has 1 aromatic heterocycles.